The Kier molecular flexibility index (Phi) is 8.61. The summed E-state index contributed by atoms with van der Waals surface area (Å²) < 4.78 is 21.4. The normalized spacial score (nSPS) is 14.9. The molecule has 1 aliphatic heterocycles. The van der Waals surface area contributed by atoms with E-state index in [1.807, 2.05) is 24.3 Å². The molecule has 176 valence electrons. The van der Waals surface area contributed by atoms with Crippen LogP contribution in [0.25, 0.3) is 0 Å². The second kappa shape index (κ2) is 11.4. The molecular weight excluding hydrogens is 408 g/mol. The van der Waals surface area contributed by atoms with Crippen LogP contribution in [0.2, 0.25) is 0 Å². The van der Waals surface area contributed by atoms with E-state index < -0.39 is 0 Å². The summed E-state index contributed by atoms with van der Waals surface area (Å²) in [6, 6.07) is 10.1. The highest BCUT2D eigenvalue weighted by Gasteiger charge is 2.23. The lowest BCUT2D eigenvalue weighted by Crippen LogP contribution is -2.45. The molecule has 0 spiro atoms. The van der Waals surface area contributed by atoms with Crippen LogP contribution < -0.4 is 24.3 Å². The second-order valence-corrected chi connectivity index (χ2v) is 8.25. The molecular formula is C25H36N2O5. The number of hydroxylamine groups is 3. The van der Waals surface area contributed by atoms with Gasteiger partial charge in [0.15, 0.2) is 23.0 Å². The summed E-state index contributed by atoms with van der Waals surface area (Å²) in [6.45, 7) is 3.54. The van der Waals surface area contributed by atoms with Crippen LogP contribution in [0, 0.1) is 5.21 Å². The van der Waals surface area contributed by atoms with Gasteiger partial charge >= 0.3 is 0 Å². The monoisotopic (exact) mass is 444 g/mol. The Morgan fingerprint density at radius 3 is 1.91 bits per heavy atom. The Hall–Kier alpha value is -2.48. The van der Waals surface area contributed by atoms with Crippen LogP contribution in [0.1, 0.15) is 23.1 Å². The van der Waals surface area contributed by atoms with Gasteiger partial charge < -0.3 is 34.1 Å². The molecule has 0 saturated carbocycles. The van der Waals surface area contributed by atoms with Crippen molar-refractivity contribution < 1.29 is 23.6 Å². The van der Waals surface area contributed by atoms with Crippen molar-refractivity contribution in [2.75, 3.05) is 61.2 Å². The summed E-state index contributed by atoms with van der Waals surface area (Å²) >= 11 is 0. The van der Waals surface area contributed by atoms with E-state index in [0.717, 1.165) is 61.8 Å². The summed E-state index contributed by atoms with van der Waals surface area (Å²) in [5.41, 5.74) is 3.59. The van der Waals surface area contributed by atoms with E-state index >= 15 is 0 Å². The summed E-state index contributed by atoms with van der Waals surface area (Å²) in [5.74, 6) is 2.96. The molecule has 0 aliphatic carbocycles. The minimum absolute atomic E-state index is 0.142. The zero-order chi connectivity index (χ0) is 23.0. The molecule has 0 amide bonds. The predicted molar refractivity (Wildman–Crippen MR) is 126 cm³/mol. The zero-order valence-electron chi connectivity index (χ0n) is 19.7. The van der Waals surface area contributed by atoms with Gasteiger partial charge in [0.1, 0.15) is 0 Å². The standard InChI is InChI=1S/C25H36N2O5/c1-29-22-7-6-19(16-23(22)30-2)8-12-26-11-5-13-27(28)14-9-20-17-24(31-3)25(32-4)18-21(20)10-15-27/h6-7,16-18,26H,5,8-15H2,1-4H3. The summed E-state index contributed by atoms with van der Waals surface area (Å²) in [7, 11) is 6.58. The lowest BCUT2D eigenvalue weighted by atomic mass is 10.0. The molecule has 0 atom stereocenters. The molecule has 1 heterocycles. The topological polar surface area (TPSA) is 72.0 Å². The van der Waals surface area contributed by atoms with Gasteiger partial charge in [-0.1, -0.05) is 6.07 Å². The lowest BCUT2D eigenvalue weighted by Gasteiger charge is -2.42. The number of nitrogens with zero attached hydrogens (tertiary/aromatic N) is 1. The molecule has 0 bridgehead atoms. The first-order valence-corrected chi connectivity index (χ1v) is 11.2. The highest BCUT2D eigenvalue weighted by atomic mass is 16.5. The van der Waals surface area contributed by atoms with E-state index in [2.05, 4.69) is 11.4 Å². The average Bonchev–Trinajstić information content (AvgIpc) is 2.99. The quantitative estimate of drug-likeness (QED) is 0.326. The van der Waals surface area contributed by atoms with Gasteiger partial charge in [-0.2, -0.15) is 0 Å². The molecule has 1 aliphatic rings. The molecule has 0 aromatic heterocycles. The van der Waals surface area contributed by atoms with Gasteiger partial charge in [0, 0.05) is 25.8 Å². The highest BCUT2D eigenvalue weighted by Crippen LogP contribution is 2.33. The van der Waals surface area contributed by atoms with Crippen molar-refractivity contribution in [2.45, 2.75) is 25.7 Å². The van der Waals surface area contributed by atoms with Crippen LogP contribution in [0.5, 0.6) is 23.0 Å². The fraction of sp³-hybridized carbons (Fsp3) is 0.520. The molecule has 0 fully saturated rings. The molecule has 1 N–H and O–H groups in total. The third kappa shape index (κ3) is 6.06. The van der Waals surface area contributed by atoms with Gasteiger partial charge in [-0.05, 0) is 53.9 Å². The first kappa shape index (κ1) is 24.2. The van der Waals surface area contributed by atoms with Crippen molar-refractivity contribution in [3.05, 3.63) is 52.2 Å². The van der Waals surface area contributed by atoms with Crippen molar-refractivity contribution in [3.63, 3.8) is 0 Å². The summed E-state index contributed by atoms with van der Waals surface area (Å²) in [5, 5.41) is 16.8. The number of ether oxygens (including phenoxy) is 4. The number of hydrogen-bond donors (Lipinski definition) is 1. The Bertz CT molecular complexity index is 852. The van der Waals surface area contributed by atoms with E-state index in [1.54, 1.807) is 28.4 Å². The van der Waals surface area contributed by atoms with E-state index in [1.165, 1.54) is 16.7 Å². The van der Waals surface area contributed by atoms with E-state index in [4.69, 9.17) is 18.9 Å². The van der Waals surface area contributed by atoms with E-state index in [9.17, 15) is 5.21 Å². The number of quaternary nitrogens is 1. The second-order valence-electron chi connectivity index (χ2n) is 8.25. The number of methoxy groups -OCH3 is 4. The van der Waals surface area contributed by atoms with Crippen LogP contribution in [0.3, 0.4) is 0 Å². The maximum Gasteiger partial charge on any atom is 0.161 e. The molecule has 32 heavy (non-hydrogen) atoms. The van der Waals surface area contributed by atoms with Gasteiger partial charge in [-0.3, -0.25) is 0 Å². The number of rotatable bonds is 11. The maximum atomic E-state index is 13.3. The fourth-order valence-electron chi connectivity index (χ4n) is 4.30. The van der Waals surface area contributed by atoms with Crippen LogP contribution >= 0.6 is 0 Å². The largest absolute Gasteiger partial charge is 0.633 e. The Labute approximate surface area is 191 Å². The SMILES string of the molecule is COc1ccc(CCNCCC[N+]2([O-])CCc3cc(OC)c(OC)cc3CC2)cc1OC. The smallest absolute Gasteiger partial charge is 0.161 e. The van der Waals surface area contributed by atoms with Crippen LogP contribution in [-0.2, 0) is 19.3 Å². The molecule has 0 saturated heterocycles. The molecule has 7 heteroatoms. The first-order chi connectivity index (χ1) is 15.5. The van der Waals surface area contributed by atoms with Gasteiger partial charge in [0.05, 0.1) is 48.1 Å². The number of nitrogens with one attached hydrogen (secondary N) is 1. The van der Waals surface area contributed by atoms with E-state index in [-0.39, 0.29) is 4.65 Å². The van der Waals surface area contributed by atoms with Gasteiger partial charge in [-0.25, -0.2) is 0 Å². The van der Waals surface area contributed by atoms with Gasteiger partial charge in [0.25, 0.3) is 0 Å². The van der Waals surface area contributed by atoms with Crippen molar-refractivity contribution in [1.29, 1.82) is 0 Å². The highest BCUT2D eigenvalue weighted by molar-refractivity contribution is 5.48. The lowest BCUT2D eigenvalue weighted by molar-refractivity contribution is -0.879. The van der Waals surface area contributed by atoms with Crippen molar-refractivity contribution in [3.8, 4) is 23.0 Å². The number of benzene rings is 2. The minimum atomic E-state index is -0.142. The average molecular weight is 445 g/mol. The molecule has 0 unspecified atom stereocenters. The van der Waals surface area contributed by atoms with Crippen molar-refractivity contribution in [1.82, 2.24) is 5.32 Å². The summed E-state index contributed by atoms with van der Waals surface area (Å²) in [6.07, 6.45) is 3.30. The predicted octanol–water partition coefficient (Wildman–Crippen LogP) is 3.36. The molecule has 7 nitrogen and oxygen atoms in total. The number of hydrogen-bond acceptors (Lipinski definition) is 6. The Morgan fingerprint density at radius 2 is 1.34 bits per heavy atom. The third-order valence-electron chi connectivity index (χ3n) is 6.24. The van der Waals surface area contributed by atoms with Crippen LogP contribution in [0.15, 0.2) is 30.3 Å². The maximum absolute atomic E-state index is 13.3. The molecule has 2 aromatic carbocycles. The van der Waals surface area contributed by atoms with Crippen LogP contribution in [0.4, 0.5) is 0 Å². The minimum Gasteiger partial charge on any atom is -0.633 e. The van der Waals surface area contributed by atoms with Crippen LogP contribution in [-0.4, -0.2) is 65.8 Å². The molecule has 0 radical (unpaired) electrons. The number of fused-ring (bicyclic) bond motifs is 1. The summed E-state index contributed by atoms with van der Waals surface area (Å²) in [4.78, 5) is 0. The molecule has 2 aromatic rings. The zero-order valence-corrected chi connectivity index (χ0v) is 19.7. The van der Waals surface area contributed by atoms with Gasteiger partial charge in [-0.15, -0.1) is 0 Å². The van der Waals surface area contributed by atoms with E-state index in [0.29, 0.717) is 19.6 Å². The fourth-order valence-corrected chi connectivity index (χ4v) is 4.30. The van der Waals surface area contributed by atoms with Crippen molar-refractivity contribution >= 4 is 0 Å². The van der Waals surface area contributed by atoms with Gasteiger partial charge in [0.2, 0.25) is 0 Å². The first-order valence-electron chi connectivity index (χ1n) is 11.2. The van der Waals surface area contributed by atoms with Crippen molar-refractivity contribution in [2.24, 2.45) is 0 Å². The molecule has 3 rings (SSSR count). The Balaban J connectivity index is 1.43. The third-order valence-corrected chi connectivity index (χ3v) is 6.24. The Morgan fingerprint density at radius 1 is 0.781 bits per heavy atom.